The standard InChI is InChI=1S/C20H21N5O.C2HF3O2/c1-14-7-8-15(19-13-25(24-23-19)17-9-10-21-12-17)11-18(14)20(26)22-16-5-3-2-4-6-16;3-2(4,5)1(6)7/h2-8,11,13,17,21H,9-10,12H2,1H3,(H,22,26);(H,6,7)/t17-;/m0./s1. The lowest BCUT2D eigenvalue weighted by Gasteiger charge is -2.09. The number of aliphatic carboxylic acids is 1. The Labute approximate surface area is 187 Å². The number of carboxylic acids is 1. The first kappa shape index (κ1) is 23.9. The van der Waals surface area contributed by atoms with Crippen LogP contribution in [0.3, 0.4) is 0 Å². The zero-order chi connectivity index (χ0) is 24.0. The number of hydrogen-bond donors (Lipinski definition) is 3. The summed E-state index contributed by atoms with van der Waals surface area (Å²) in [5.74, 6) is -2.88. The van der Waals surface area contributed by atoms with Gasteiger partial charge in [0.2, 0.25) is 0 Å². The van der Waals surface area contributed by atoms with Crippen LogP contribution in [0.2, 0.25) is 0 Å². The van der Waals surface area contributed by atoms with Crippen molar-refractivity contribution in [2.45, 2.75) is 25.6 Å². The summed E-state index contributed by atoms with van der Waals surface area (Å²) in [6.45, 7) is 3.86. The van der Waals surface area contributed by atoms with Gasteiger partial charge in [-0.3, -0.25) is 4.79 Å². The second-order valence-electron chi connectivity index (χ2n) is 7.38. The van der Waals surface area contributed by atoms with Gasteiger partial charge in [0.25, 0.3) is 5.91 Å². The molecular weight excluding hydrogens is 439 g/mol. The van der Waals surface area contributed by atoms with Gasteiger partial charge < -0.3 is 15.7 Å². The molecule has 0 bridgehead atoms. The normalized spacial score (nSPS) is 15.5. The number of nitrogens with zero attached hydrogens (tertiary/aromatic N) is 3. The Kier molecular flexibility index (Phi) is 7.44. The maximum Gasteiger partial charge on any atom is 0.490 e. The van der Waals surface area contributed by atoms with Crippen LogP contribution in [0.15, 0.2) is 54.7 Å². The molecule has 33 heavy (non-hydrogen) atoms. The van der Waals surface area contributed by atoms with Gasteiger partial charge in [-0.25, -0.2) is 9.48 Å². The van der Waals surface area contributed by atoms with Crippen LogP contribution >= 0.6 is 0 Å². The van der Waals surface area contributed by atoms with E-state index in [4.69, 9.17) is 9.90 Å². The molecule has 0 saturated carbocycles. The van der Waals surface area contributed by atoms with Gasteiger partial charge in [-0.2, -0.15) is 13.2 Å². The lowest BCUT2D eigenvalue weighted by molar-refractivity contribution is -0.192. The van der Waals surface area contributed by atoms with Crippen LogP contribution in [0.5, 0.6) is 0 Å². The van der Waals surface area contributed by atoms with Crippen LogP contribution in [0.1, 0.15) is 28.4 Å². The number of amides is 1. The summed E-state index contributed by atoms with van der Waals surface area (Å²) >= 11 is 0. The van der Waals surface area contributed by atoms with Crippen molar-refractivity contribution in [3.8, 4) is 11.3 Å². The SMILES string of the molecule is Cc1ccc(-c2cn([C@H]3CCNC3)nn2)cc1C(=O)Nc1ccccc1.O=C(O)C(F)(F)F. The predicted molar refractivity (Wildman–Crippen MR) is 115 cm³/mol. The Morgan fingerprint density at radius 1 is 1.18 bits per heavy atom. The van der Waals surface area contributed by atoms with Gasteiger partial charge in [0.1, 0.15) is 5.69 Å². The van der Waals surface area contributed by atoms with Crippen molar-refractivity contribution in [3.05, 3.63) is 65.9 Å². The number of benzene rings is 2. The first-order valence-electron chi connectivity index (χ1n) is 10.0. The van der Waals surface area contributed by atoms with Crippen LogP contribution in [0, 0.1) is 6.92 Å². The molecule has 1 atom stereocenters. The monoisotopic (exact) mass is 461 g/mol. The fraction of sp³-hybridized carbons (Fsp3) is 0.273. The number of carbonyl (C=O) groups is 2. The molecule has 1 aliphatic rings. The molecule has 3 aromatic rings. The Bertz CT molecular complexity index is 1110. The van der Waals surface area contributed by atoms with Crippen molar-refractivity contribution < 1.29 is 27.9 Å². The smallest absolute Gasteiger partial charge is 0.475 e. The number of carbonyl (C=O) groups excluding carboxylic acids is 1. The summed E-state index contributed by atoms with van der Waals surface area (Å²) in [7, 11) is 0. The molecule has 11 heteroatoms. The van der Waals surface area contributed by atoms with Gasteiger partial charge in [-0.05, 0) is 43.7 Å². The van der Waals surface area contributed by atoms with E-state index in [0.717, 1.165) is 42.0 Å². The minimum Gasteiger partial charge on any atom is -0.475 e. The first-order chi connectivity index (χ1) is 15.6. The number of halogens is 3. The molecule has 1 aliphatic heterocycles. The number of anilines is 1. The molecule has 1 amide bonds. The van der Waals surface area contributed by atoms with E-state index >= 15 is 0 Å². The summed E-state index contributed by atoms with van der Waals surface area (Å²) in [6.07, 6.45) is -2.07. The highest BCUT2D eigenvalue weighted by Gasteiger charge is 2.38. The minimum absolute atomic E-state index is 0.122. The van der Waals surface area contributed by atoms with Crippen LogP contribution in [-0.2, 0) is 4.79 Å². The fourth-order valence-corrected chi connectivity index (χ4v) is 3.20. The second kappa shape index (κ2) is 10.3. The van der Waals surface area contributed by atoms with Crippen LogP contribution in [-0.4, -0.2) is 51.2 Å². The Hall–Kier alpha value is -3.73. The number of para-hydroxylation sites is 1. The van der Waals surface area contributed by atoms with Crippen molar-refractivity contribution in [1.29, 1.82) is 0 Å². The molecule has 0 aliphatic carbocycles. The van der Waals surface area contributed by atoms with Crippen LogP contribution in [0.4, 0.5) is 18.9 Å². The number of hydrogen-bond acceptors (Lipinski definition) is 5. The lowest BCUT2D eigenvalue weighted by Crippen LogP contribution is -2.21. The maximum absolute atomic E-state index is 12.7. The van der Waals surface area contributed by atoms with Crippen molar-refractivity contribution in [1.82, 2.24) is 20.3 Å². The summed E-state index contributed by atoms with van der Waals surface area (Å²) in [5, 5.41) is 22.0. The van der Waals surface area contributed by atoms with Gasteiger partial charge in [0.05, 0.1) is 12.2 Å². The number of nitrogens with one attached hydrogen (secondary N) is 2. The molecule has 8 nitrogen and oxygen atoms in total. The van der Waals surface area contributed by atoms with Gasteiger partial charge in [-0.15, -0.1) is 5.10 Å². The Morgan fingerprint density at radius 2 is 1.88 bits per heavy atom. The number of rotatable bonds is 4. The minimum atomic E-state index is -5.08. The third-order valence-corrected chi connectivity index (χ3v) is 4.97. The van der Waals surface area contributed by atoms with Crippen molar-refractivity contribution in [2.24, 2.45) is 0 Å². The molecule has 3 N–H and O–H groups in total. The van der Waals surface area contributed by atoms with E-state index in [9.17, 15) is 18.0 Å². The molecule has 1 fully saturated rings. The highest BCUT2D eigenvalue weighted by Crippen LogP contribution is 2.23. The van der Waals surface area contributed by atoms with Crippen molar-refractivity contribution in [2.75, 3.05) is 18.4 Å². The molecule has 2 heterocycles. The summed E-state index contributed by atoms with van der Waals surface area (Å²) in [5.41, 5.74) is 4.02. The van der Waals surface area contributed by atoms with Gasteiger partial charge in [0, 0.05) is 23.4 Å². The number of carboxylic acid groups (broad SMARTS) is 1. The summed E-state index contributed by atoms with van der Waals surface area (Å²) in [6, 6.07) is 15.6. The maximum atomic E-state index is 12.7. The molecule has 0 radical (unpaired) electrons. The van der Waals surface area contributed by atoms with E-state index in [1.165, 1.54) is 0 Å². The van der Waals surface area contributed by atoms with E-state index in [2.05, 4.69) is 20.9 Å². The van der Waals surface area contributed by atoms with E-state index in [1.54, 1.807) is 0 Å². The first-order valence-corrected chi connectivity index (χ1v) is 10.0. The average Bonchev–Trinajstić information content (AvgIpc) is 3.47. The zero-order valence-electron chi connectivity index (χ0n) is 17.6. The van der Waals surface area contributed by atoms with Gasteiger partial charge in [0.15, 0.2) is 0 Å². The fourth-order valence-electron chi connectivity index (χ4n) is 3.20. The third kappa shape index (κ3) is 6.39. The van der Waals surface area contributed by atoms with E-state index in [0.29, 0.717) is 11.6 Å². The lowest BCUT2D eigenvalue weighted by atomic mass is 10.0. The number of aryl methyl sites for hydroxylation is 1. The van der Waals surface area contributed by atoms with E-state index in [1.807, 2.05) is 66.3 Å². The number of aromatic nitrogens is 3. The van der Waals surface area contributed by atoms with E-state index in [-0.39, 0.29) is 5.91 Å². The predicted octanol–water partition coefficient (Wildman–Crippen LogP) is 3.67. The molecular formula is C22H22F3N5O3. The second-order valence-corrected chi connectivity index (χ2v) is 7.38. The molecule has 1 saturated heterocycles. The average molecular weight is 461 g/mol. The van der Waals surface area contributed by atoms with E-state index < -0.39 is 12.1 Å². The third-order valence-electron chi connectivity index (χ3n) is 4.97. The highest BCUT2D eigenvalue weighted by molar-refractivity contribution is 6.05. The molecule has 4 rings (SSSR count). The van der Waals surface area contributed by atoms with Crippen molar-refractivity contribution in [3.63, 3.8) is 0 Å². The molecule has 2 aromatic carbocycles. The Morgan fingerprint density at radius 3 is 2.48 bits per heavy atom. The van der Waals surface area contributed by atoms with Gasteiger partial charge >= 0.3 is 12.1 Å². The molecule has 174 valence electrons. The Balaban J connectivity index is 0.000000383. The quantitative estimate of drug-likeness (QED) is 0.547. The van der Waals surface area contributed by atoms with Crippen LogP contribution in [0.25, 0.3) is 11.3 Å². The molecule has 1 aromatic heterocycles. The van der Waals surface area contributed by atoms with Crippen molar-refractivity contribution >= 4 is 17.6 Å². The zero-order valence-corrected chi connectivity index (χ0v) is 17.6. The number of alkyl halides is 3. The van der Waals surface area contributed by atoms with Gasteiger partial charge in [-0.1, -0.05) is 35.5 Å². The summed E-state index contributed by atoms with van der Waals surface area (Å²) in [4.78, 5) is 21.6. The van der Waals surface area contributed by atoms with Crippen LogP contribution < -0.4 is 10.6 Å². The largest absolute Gasteiger partial charge is 0.490 e. The summed E-state index contributed by atoms with van der Waals surface area (Å²) < 4.78 is 33.7. The molecule has 0 spiro atoms. The topological polar surface area (TPSA) is 109 Å². The highest BCUT2D eigenvalue weighted by atomic mass is 19.4. The molecule has 0 unspecified atom stereocenters.